The largest absolute Gasteiger partial charge is 0.312 e. The van der Waals surface area contributed by atoms with Crippen LogP contribution in [0.5, 0.6) is 0 Å². The number of H-pyrrole nitrogens is 1. The molecule has 0 unspecified atom stereocenters. The van der Waals surface area contributed by atoms with Gasteiger partial charge in [0.25, 0.3) is 6.43 Å². The molecule has 0 saturated heterocycles. The molecule has 0 aliphatic heterocycles. The van der Waals surface area contributed by atoms with Crippen molar-refractivity contribution in [2.75, 3.05) is 0 Å². The number of aromatic nitrogens is 1. The van der Waals surface area contributed by atoms with Gasteiger partial charge in [0.05, 0.1) is 4.47 Å². The molecule has 1 N–H and O–H groups in total. The van der Waals surface area contributed by atoms with Crippen LogP contribution in [0.15, 0.2) is 15.3 Å². The van der Waals surface area contributed by atoms with Crippen molar-refractivity contribution in [3.8, 4) is 0 Å². The fourth-order valence-electron chi connectivity index (χ4n) is 0.689. The summed E-state index contributed by atoms with van der Waals surface area (Å²) in [5.41, 5.74) is -1.04. The predicted molar refractivity (Wildman–Crippen MR) is 44.7 cm³/mol. The summed E-state index contributed by atoms with van der Waals surface area (Å²) in [5.74, 6) is 0. The summed E-state index contributed by atoms with van der Waals surface area (Å²) in [5, 5.41) is -0.113. The van der Waals surface area contributed by atoms with Crippen molar-refractivity contribution >= 4 is 27.5 Å². The van der Waals surface area contributed by atoms with Gasteiger partial charge in [0.15, 0.2) is 0 Å². The highest BCUT2D eigenvalue weighted by Crippen LogP contribution is 2.29. The topological polar surface area (TPSA) is 32.9 Å². The van der Waals surface area contributed by atoms with E-state index < -0.39 is 17.5 Å². The maximum Gasteiger partial charge on any atom is 0.265 e. The van der Waals surface area contributed by atoms with Crippen LogP contribution in [-0.2, 0) is 0 Å². The molecular formula is C6H3BrClF2NO. The van der Waals surface area contributed by atoms with E-state index in [1.807, 2.05) is 0 Å². The van der Waals surface area contributed by atoms with Crippen LogP contribution in [0.1, 0.15) is 12.0 Å². The Labute approximate surface area is 79.7 Å². The van der Waals surface area contributed by atoms with Crippen LogP contribution < -0.4 is 5.56 Å². The standard InChI is InChI=1S/C6H3BrClF2NO/c7-4-2(6(9)10)1-3(12)11-5(4)8/h1,6H,(H,11,12). The summed E-state index contributed by atoms with van der Waals surface area (Å²) in [6, 6.07) is 0.806. The van der Waals surface area contributed by atoms with Crippen LogP contribution in [0.2, 0.25) is 5.15 Å². The van der Waals surface area contributed by atoms with Gasteiger partial charge in [-0.05, 0) is 15.9 Å². The van der Waals surface area contributed by atoms with Gasteiger partial charge in [-0.15, -0.1) is 0 Å². The zero-order valence-corrected chi connectivity index (χ0v) is 7.92. The first-order valence-corrected chi connectivity index (χ1v) is 4.06. The number of halogens is 4. The fourth-order valence-corrected chi connectivity index (χ4v) is 1.28. The van der Waals surface area contributed by atoms with Gasteiger partial charge < -0.3 is 4.98 Å². The fraction of sp³-hybridized carbons (Fsp3) is 0.167. The van der Waals surface area contributed by atoms with E-state index >= 15 is 0 Å². The lowest BCUT2D eigenvalue weighted by atomic mass is 10.3. The van der Waals surface area contributed by atoms with E-state index in [0.29, 0.717) is 0 Å². The minimum Gasteiger partial charge on any atom is -0.312 e. The molecule has 0 aliphatic carbocycles. The second kappa shape index (κ2) is 3.53. The minimum atomic E-state index is -2.71. The summed E-state index contributed by atoms with van der Waals surface area (Å²) in [4.78, 5) is 12.8. The van der Waals surface area contributed by atoms with Crippen LogP contribution in [0.3, 0.4) is 0 Å². The van der Waals surface area contributed by atoms with Crippen molar-refractivity contribution in [1.29, 1.82) is 0 Å². The molecule has 0 amide bonds. The molecule has 1 aromatic heterocycles. The Morgan fingerprint density at radius 3 is 2.67 bits per heavy atom. The third kappa shape index (κ3) is 1.84. The van der Waals surface area contributed by atoms with Gasteiger partial charge in [0.2, 0.25) is 5.56 Å². The summed E-state index contributed by atoms with van der Waals surface area (Å²) in [6.45, 7) is 0. The molecule has 0 saturated carbocycles. The molecule has 0 spiro atoms. The van der Waals surface area contributed by atoms with E-state index in [-0.39, 0.29) is 9.63 Å². The second-order valence-electron chi connectivity index (χ2n) is 2.02. The van der Waals surface area contributed by atoms with Gasteiger partial charge in [0.1, 0.15) is 5.15 Å². The monoisotopic (exact) mass is 257 g/mol. The van der Waals surface area contributed by atoms with Crippen LogP contribution in [0.4, 0.5) is 8.78 Å². The molecule has 1 rings (SSSR count). The molecule has 0 fully saturated rings. The lowest BCUT2D eigenvalue weighted by Gasteiger charge is -2.02. The quantitative estimate of drug-likeness (QED) is 0.772. The number of rotatable bonds is 1. The van der Waals surface area contributed by atoms with Crippen LogP contribution in [0, 0.1) is 0 Å². The maximum atomic E-state index is 12.1. The highest BCUT2D eigenvalue weighted by molar-refractivity contribution is 9.10. The predicted octanol–water partition coefficient (Wildman–Crippen LogP) is 2.73. The Bertz CT molecular complexity index is 352. The van der Waals surface area contributed by atoms with Crippen molar-refractivity contribution < 1.29 is 8.78 Å². The maximum absolute atomic E-state index is 12.1. The first kappa shape index (κ1) is 9.67. The first-order valence-electron chi connectivity index (χ1n) is 2.88. The Morgan fingerprint density at radius 2 is 2.17 bits per heavy atom. The molecule has 12 heavy (non-hydrogen) atoms. The lowest BCUT2D eigenvalue weighted by Crippen LogP contribution is -2.07. The Hall–Kier alpha value is -0.420. The second-order valence-corrected chi connectivity index (χ2v) is 3.19. The molecule has 2 nitrogen and oxygen atoms in total. The molecule has 66 valence electrons. The normalized spacial score (nSPS) is 10.8. The molecule has 6 heteroatoms. The van der Waals surface area contributed by atoms with Crippen LogP contribution in [0.25, 0.3) is 0 Å². The molecule has 0 atom stereocenters. The van der Waals surface area contributed by atoms with Crippen molar-refractivity contribution in [2.45, 2.75) is 6.43 Å². The molecular weight excluding hydrogens is 255 g/mol. The number of hydrogen-bond acceptors (Lipinski definition) is 1. The third-order valence-corrected chi connectivity index (χ3v) is 2.57. The molecule has 1 aromatic rings. The van der Waals surface area contributed by atoms with E-state index in [2.05, 4.69) is 20.9 Å². The van der Waals surface area contributed by atoms with Gasteiger partial charge in [-0.1, -0.05) is 11.6 Å². The highest BCUT2D eigenvalue weighted by atomic mass is 79.9. The van der Waals surface area contributed by atoms with E-state index in [9.17, 15) is 13.6 Å². The van der Waals surface area contributed by atoms with Crippen molar-refractivity contribution in [2.24, 2.45) is 0 Å². The van der Waals surface area contributed by atoms with Gasteiger partial charge in [-0.25, -0.2) is 8.78 Å². The summed E-state index contributed by atoms with van der Waals surface area (Å²) < 4.78 is 24.3. The Morgan fingerprint density at radius 1 is 1.58 bits per heavy atom. The van der Waals surface area contributed by atoms with Gasteiger partial charge in [0, 0.05) is 11.6 Å². The smallest absolute Gasteiger partial charge is 0.265 e. The van der Waals surface area contributed by atoms with Gasteiger partial charge in [-0.2, -0.15) is 0 Å². The SMILES string of the molecule is O=c1cc(C(F)F)c(Br)c(Cl)[nH]1. The van der Waals surface area contributed by atoms with Crippen LogP contribution in [-0.4, -0.2) is 4.98 Å². The average Bonchev–Trinajstić information content (AvgIpc) is 1.96. The molecule has 0 aliphatic rings. The van der Waals surface area contributed by atoms with Crippen molar-refractivity contribution in [1.82, 2.24) is 4.98 Å². The van der Waals surface area contributed by atoms with Crippen molar-refractivity contribution in [3.63, 3.8) is 0 Å². The van der Waals surface area contributed by atoms with Crippen LogP contribution >= 0.6 is 27.5 Å². The van der Waals surface area contributed by atoms with E-state index in [1.54, 1.807) is 0 Å². The molecule has 0 bridgehead atoms. The third-order valence-electron chi connectivity index (χ3n) is 1.20. The molecule has 1 heterocycles. The van der Waals surface area contributed by atoms with E-state index in [1.165, 1.54) is 0 Å². The minimum absolute atomic E-state index is 0.0266. The number of hydrogen-bond donors (Lipinski definition) is 1. The summed E-state index contributed by atoms with van der Waals surface area (Å²) in [6.07, 6.45) is -2.71. The number of pyridine rings is 1. The van der Waals surface area contributed by atoms with Crippen molar-refractivity contribution in [3.05, 3.63) is 31.6 Å². The summed E-state index contributed by atoms with van der Waals surface area (Å²) >= 11 is 8.26. The zero-order chi connectivity index (χ0) is 9.30. The van der Waals surface area contributed by atoms with E-state index in [0.717, 1.165) is 6.07 Å². The first-order chi connectivity index (χ1) is 5.52. The number of aromatic amines is 1. The Balaban J connectivity index is 3.38. The number of nitrogens with one attached hydrogen (secondary N) is 1. The lowest BCUT2D eigenvalue weighted by molar-refractivity contribution is 0.150. The number of alkyl halides is 2. The molecule has 0 aromatic carbocycles. The Kier molecular flexibility index (Phi) is 2.85. The van der Waals surface area contributed by atoms with Gasteiger partial charge >= 0.3 is 0 Å². The summed E-state index contributed by atoms with van der Waals surface area (Å²) in [7, 11) is 0. The average molecular weight is 258 g/mol. The van der Waals surface area contributed by atoms with Gasteiger partial charge in [-0.3, -0.25) is 4.79 Å². The molecule has 0 radical (unpaired) electrons. The zero-order valence-electron chi connectivity index (χ0n) is 5.57. The van der Waals surface area contributed by atoms with E-state index in [4.69, 9.17) is 11.6 Å². The highest BCUT2D eigenvalue weighted by Gasteiger charge is 2.14.